The Morgan fingerprint density at radius 1 is 1.36 bits per heavy atom. The first-order valence-electron chi connectivity index (χ1n) is 3.45. The summed E-state index contributed by atoms with van der Waals surface area (Å²) in [7, 11) is 0. The molecule has 1 aromatic carbocycles. The quantitative estimate of drug-likeness (QED) is 0.766. The highest BCUT2D eigenvalue weighted by molar-refractivity contribution is 6.33. The van der Waals surface area contributed by atoms with Crippen molar-refractivity contribution >= 4 is 23.7 Å². The Kier molecular flexibility index (Phi) is 3.00. The van der Waals surface area contributed by atoms with Crippen molar-refractivity contribution in [3.05, 3.63) is 28.8 Å². The molecular formula is C8H4ClF3NO. The molecule has 14 heavy (non-hydrogen) atoms. The highest BCUT2D eigenvalue weighted by Gasteiger charge is 2.30. The SMILES string of the molecule is O=[C]Nc1cc(C(F)(F)F)ccc1Cl. The van der Waals surface area contributed by atoms with Crippen LogP contribution in [0.2, 0.25) is 5.02 Å². The smallest absolute Gasteiger partial charge is 0.316 e. The maximum atomic E-state index is 12.2. The average Bonchev–Trinajstić information content (AvgIpc) is 2.07. The van der Waals surface area contributed by atoms with Gasteiger partial charge in [0.05, 0.1) is 16.3 Å². The van der Waals surface area contributed by atoms with Crippen LogP contribution in [0.5, 0.6) is 0 Å². The van der Waals surface area contributed by atoms with Crippen LogP contribution >= 0.6 is 11.6 Å². The summed E-state index contributed by atoms with van der Waals surface area (Å²) in [6.45, 7) is 0. The molecule has 6 heteroatoms. The van der Waals surface area contributed by atoms with Gasteiger partial charge in [-0.15, -0.1) is 0 Å². The van der Waals surface area contributed by atoms with E-state index in [2.05, 4.69) is 0 Å². The van der Waals surface area contributed by atoms with Crippen molar-refractivity contribution in [3.63, 3.8) is 0 Å². The zero-order valence-corrected chi connectivity index (χ0v) is 7.41. The number of hydrogen-bond acceptors (Lipinski definition) is 1. The lowest BCUT2D eigenvalue weighted by molar-refractivity contribution is -0.137. The minimum atomic E-state index is -4.45. The van der Waals surface area contributed by atoms with E-state index in [-0.39, 0.29) is 10.7 Å². The standard InChI is InChI=1S/C8H4ClF3NO/c9-6-2-1-5(8(10,11)12)3-7(6)13-4-14/h1-3H,(H,13,14). The topological polar surface area (TPSA) is 29.1 Å². The molecule has 1 aromatic rings. The molecule has 1 amide bonds. The Morgan fingerprint density at radius 2 is 2.00 bits per heavy atom. The van der Waals surface area contributed by atoms with Crippen LogP contribution in [0.25, 0.3) is 0 Å². The molecule has 0 aromatic heterocycles. The first kappa shape index (κ1) is 10.8. The van der Waals surface area contributed by atoms with Crippen molar-refractivity contribution in [1.82, 2.24) is 0 Å². The highest BCUT2D eigenvalue weighted by Crippen LogP contribution is 2.33. The van der Waals surface area contributed by atoms with E-state index < -0.39 is 11.7 Å². The number of halogens is 4. The molecular weight excluding hydrogens is 219 g/mol. The minimum Gasteiger partial charge on any atom is -0.316 e. The lowest BCUT2D eigenvalue weighted by Gasteiger charge is -2.08. The molecule has 0 atom stereocenters. The Labute approximate surface area is 82.7 Å². The van der Waals surface area contributed by atoms with Crippen LogP contribution in [0.3, 0.4) is 0 Å². The van der Waals surface area contributed by atoms with Gasteiger partial charge in [0, 0.05) is 0 Å². The lowest BCUT2D eigenvalue weighted by atomic mass is 10.2. The van der Waals surface area contributed by atoms with E-state index in [1.807, 2.05) is 5.32 Å². The molecule has 0 aliphatic rings. The summed E-state index contributed by atoms with van der Waals surface area (Å²) in [6, 6.07) is 2.63. The molecule has 2 nitrogen and oxygen atoms in total. The van der Waals surface area contributed by atoms with Crippen LogP contribution in [0.1, 0.15) is 5.56 Å². The summed E-state index contributed by atoms with van der Waals surface area (Å²) in [5.41, 5.74) is -0.990. The fourth-order valence-corrected chi connectivity index (χ4v) is 1.02. The predicted octanol–water partition coefficient (Wildman–Crippen LogP) is 2.84. The van der Waals surface area contributed by atoms with E-state index in [4.69, 9.17) is 11.6 Å². The predicted molar refractivity (Wildman–Crippen MR) is 45.8 cm³/mol. The number of amides is 1. The fourth-order valence-electron chi connectivity index (χ4n) is 0.852. The second kappa shape index (κ2) is 3.88. The average molecular weight is 223 g/mol. The fraction of sp³-hybridized carbons (Fsp3) is 0.125. The van der Waals surface area contributed by atoms with Gasteiger partial charge in [-0.1, -0.05) is 11.6 Å². The third kappa shape index (κ3) is 2.38. The molecule has 0 spiro atoms. The van der Waals surface area contributed by atoms with E-state index in [0.29, 0.717) is 0 Å². The van der Waals surface area contributed by atoms with Gasteiger partial charge >= 0.3 is 12.6 Å². The molecule has 1 radical (unpaired) electrons. The van der Waals surface area contributed by atoms with E-state index in [0.717, 1.165) is 18.2 Å². The number of nitrogens with one attached hydrogen (secondary N) is 1. The summed E-state index contributed by atoms with van der Waals surface area (Å²) in [4.78, 5) is 9.91. The Hall–Kier alpha value is -1.23. The van der Waals surface area contributed by atoms with E-state index in [9.17, 15) is 18.0 Å². The van der Waals surface area contributed by atoms with Gasteiger partial charge in [-0.3, -0.25) is 4.79 Å². The third-order valence-corrected chi connectivity index (χ3v) is 1.81. The van der Waals surface area contributed by atoms with Gasteiger partial charge in [0.1, 0.15) is 0 Å². The molecule has 0 heterocycles. The van der Waals surface area contributed by atoms with E-state index >= 15 is 0 Å². The zero-order valence-electron chi connectivity index (χ0n) is 6.65. The molecule has 0 saturated heterocycles. The number of alkyl halides is 3. The molecule has 0 unspecified atom stereocenters. The van der Waals surface area contributed by atoms with Crippen LogP contribution < -0.4 is 5.32 Å². The number of anilines is 1. The lowest BCUT2D eigenvalue weighted by Crippen LogP contribution is -2.06. The molecule has 1 N–H and O–H groups in total. The van der Waals surface area contributed by atoms with Crippen molar-refractivity contribution < 1.29 is 18.0 Å². The van der Waals surface area contributed by atoms with Crippen LogP contribution in [0.15, 0.2) is 18.2 Å². The van der Waals surface area contributed by atoms with E-state index in [1.54, 1.807) is 0 Å². The maximum Gasteiger partial charge on any atom is 0.416 e. The summed E-state index contributed by atoms with van der Waals surface area (Å²) in [5, 5.41) is 1.98. The number of carbonyl (C=O) groups excluding carboxylic acids is 1. The van der Waals surface area contributed by atoms with Crippen molar-refractivity contribution in [3.8, 4) is 0 Å². The number of benzene rings is 1. The van der Waals surface area contributed by atoms with Gasteiger partial charge in [0.15, 0.2) is 0 Å². The molecule has 0 fully saturated rings. The van der Waals surface area contributed by atoms with Crippen molar-refractivity contribution in [2.24, 2.45) is 0 Å². The van der Waals surface area contributed by atoms with Crippen LogP contribution in [0, 0.1) is 0 Å². The van der Waals surface area contributed by atoms with Crippen LogP contribution in [0.4, 0.5) is 18.9 Å². The van der Waals surface area contributed by atoms with Gasteiger partial charge in [-0.25, -0.2) is 0 Å². The normalized spacial score (nSPS) is 11.1. The largest absolute Gasteiger partial charge is 0.416 e. The van der Waals surface area contributed by atoms with Gasteiger partial charge in [0.2, 0.25) is 0 Å². The molecule has 0 aliphatic heterocycles. The number of rotatable bonds is 2. The monoisotopic (exact) mass is 222 g/mol. The van der Waals surface area contributed by atoms with Gasteiger partial charge < -0.3 is 5.32 Å². The summed E-state index contributed by atoms with van der Waals surface area (Å²) < 4.78 is 36.5. The Bertz CT molecular complexity index is 351. The minimum absolute atomic E-state index is 0.0290. The molecule has 0 saturated carbocycles. The van der Waals surface area contributed by atoms with Gasteiger partial charge in [0.25, 0.3) is 0 Å². The summed E-state index contributed by atoms with van der Waals surface area (Å²) in [6.07, 6.45) is -3.20. The van der Waals surface area contributed by atoms with Crippen molar-refractivity contribution in [2.45, 2.75) is 6.18 Å². The molecule has 1 rings (SSSR count). The van der Waals surface area contributed by atoms with Crippen molar-refractivity contribution in [1.29, 1.82) is 0 Å². The number of hydrogen-bond donors (Lipinski definition) is 1. The highest BCUT2D eigenvalue weighted by atomic mass is 35.5. The van der Waals surface area contributed by atoms with Crippen LogP contribution in [-0.4, -0.2) is 6.41 Å². The Balaban J connectivity index is 3.12. The third-order valence-electron chi connectivity index (χ3n) is 1.48. The molecule has 0 bridgehead atoms. The van der Waals surface area contributed by atoms with Gasteiger partial charge in [-0.2, -0.15) is 13.2 Å². The van der Waals surface area contributed by atoms with Crippen molar-refractivity contribution in [2.75, 3.05) is 5.32 Å². The second-order valence-electron chi connectivity index (χ2n) is 2.42. The van der Waals surface area contributed by atoms with E-state index in [1.165, 1.54) is 6.41 Å². The molecule has 75 valence electrons. The van der Waals surface area contributed by atoms with Crippen LogP contribution in [-0.2, 0) is 11.0 Å². The first-order chi connectivity index (χ1) is 6.45. The first-order valence-corrected chi connectivity index (χ1v) is 3.83. The van der Waals surface area contributed by atoms with Gasteiger partial charge in [-0.05, 0) is 18.2 Å². The summed E-state index contributed by atoms with van der Waals surface area (Å²) in [5.74, 6) is 0. The summed E-state index contributed by atoms with van der Waals surface area (Å²) >= 11 is 5.52. The Morgan fingerprint density at radius 3 is 2.50 bits per heavy atom. The molecule has 0 aliphatic carbocycles. The zero-order chi connectivity index (χ0) is 10.8. The maximum absolute atomic E-state index is 12.2. The second-order valence-corrected chi connectivity index (χ2v) is 2.83.